The topological polar surface area (TPSA) is 69.0 Å². The lowest BCUT2D eigenvalue weighted by Crippen LogP contribution is -2.56. The van der Waals surface area contributed by atoms with E-state index >= 15 is 0 Å². The fraction of sp³-hybridized carbons (Fsp3) is 0.450. The predicted molar refractivity (Wildman–Crippen MR) is 127 cm³/mol. The highest BCUT2D eigenvalue weighted by Gasteiger charge is 2.28. The smallest absolute Gasteiger partial charge is 0.246 e. The van der Waals surface area contributed by atoms with Gasteiger partial charge in [0.05, 0.1) is 17.9 Å². The zero-order valence-electron chi connectivity index (χ0n) is 17.7. The molecule has 1 aromatic carbocycles. The Morgan fingerprint density at radius 2 is 2.00 bits per heavy atom. The van der Waals surface area contributed by atoms with Crippen LogP contribution in [0.3, 0.4) is 0 Å². The summed E-state index contributed by atoms with van der Waals surface area (Å²) in [6, 6.07) is 6.56. The van der Waals surface area contributed by atoms with Crippen molar-refractivity contribution in [3.8, 4) is 0 Å². The Morgan fingerprint density at radius 3 is 2.53 bits per heavy atom. The van der Waals surface area contributed by atoms with Gasteiger partial charge in [-0.1, -0.05) is 12.1 Å². The van der Waals surface area contributed by atoms with Gasteiger partial charge in [0.1, 0.15) is 12.4 Å². The standard InChI is InChI=1S/C20H28FN7O.HI/c1-22-20(23-12-18(25(2)3)15-5-7-16(21)8-6-15)27-9-10-28(19(29)14-27)17-11-24-26(4)13-17;/h5-8,11,13,18H,9-10,12,14H2,1-4H3,(H,22,23);1H. The molecule has 1 aliphatic heterocycles. The third kappa shape index (κ3) is 5.69. The molecule has 2 aromatic rings. The SMILES string of the molecule is CN=C(NCC(c1ccc(F)cc1)N(C)C)N1CCN(c2cnn(C)c2)C(=O)C1.I. The molecular weight excluding hydrogens is 500 g/mol. The van der Waals surface area contributed by atoms with E-state index in [1.807, 2.05) is 32.2 Å². The number of anilines is 1. The second kappa shape index (κ2) is 10.7. The largest absolute Gasteiger partial charge is 0.354 e. The molecular formula is C20H29FIN7O. The molecule has 0 spiro atoms. The van der Waals surface area contributed by atoms with E-state index < -0.39 is 0 Å². The van der Waals surface area contributed by atoms with Gasteiger partial charge < -0.3 is 20.0 Å². The summed E-state index contributed by atoms with van der Waals surface area (Å²) in [5.74, 6) is 0.438. The van der Waals surface area contributed by atoms with Gasteiger partial charge in [-0.25, -0.2) is 4.39 Å². The lowest BCUT2D eigenvalue weighted by Gasteiger charge is -2.36. The van der Waals surface area contributed by atoms with Crippen LogP contribution in [0.1, 0.15) is 11.6 Å². The number of carbonyl (C=O) groups is 1. The highest BCUT2D eigenvalue weighted by atomic mass is 127. The predicted octanol–water partition coefficient (Wildman–Crippen LogP) is 1.70. The molecule has 1 unspecified atom stereocenters. The summed E-state index contributed by atoms with van der Waals surface area (Å²) in [4.78, 5) is 22.8. The van der Waals surface area contributed by atoms with Gasteiger partial charge >= 0.3 is 0 Å². The fourth-order valence-electron chi connectivity index (χ4n) is 3.48. The van der Waals surface area contributed by atoms with Crippen LogP contribution in [0.5, 0.6) is 0 Å². The van der Waals surface area contributed by atoms with Crippen LogP contribution in [0.25, 0.3) is 0 Å². The maximum atomic E-state index is 13.3. The molecule has 0 saturated carbocycles. The lowest BCUT2D eigenvalue weighted by atomic mass is 10.1. The summed E-state index contributed by atoms with van der Waals surface area (Å²) >= 11 is 0. The van der Waals surface area contributed by atoms with Crippen LogP contribution in [0.15, 0.2) is 41.7 Å². The number of piperazine rings is 1. The molecule has 1 aromatic heterocycles. The van der Waals surface area contributed by atoms with E-state index in [-0.39, 0.29) is 48.3 Å². The van der Waals surface area contributed by atoms with Crippen LogP contribution in [0.4, 0.5) is 10.1 Å². The maximum Gasteiger partial charge on any atom is 0.246 e. The van der Waals surface area contributed by atoms with Gasteiger partial charge in [0, 0.05) is 39.9 Å². The van der Waals surface area contributed by atoms with Gasteiger partial charge in [0.15, 0.2) is 5.96 Å². The van der Waals surface area contributed by atoms with Gasteiger partial charge in [-0.05, 0) is 31.8 Å². The van der Waals surface area contributed by atoms with E-state index in [4.69, 9.17) is 0 Å². The van der Waals surface area contributed by atoms with Crippen LogP contribution < -0.4 is 10.2 Å². The number of hydrogen-bond donors (Lipinski definition) is 1. The maximum absolute atomic E-state index is 13.3. The molecule has 1 atom stereocenters. The van der Waals surface area contributed by atoms with Crippen molar-refractivity contribution in [1.82, 2.24) is 24.9 Å². The van der Waals surface area contributed by atoms with Crippen LogP contribution in [0, 0.1) is 5.82 Å². The van der Waals surface area contributed by atoms with Crippen LogP contribution in [-0.2, 0) is 11.8 Å². The second-order valence-electron chi connectivity index (χ2n) is 7.30. The van der Waals surface area contributed by atoms with Crippen molar-refractivity contribution in [1.29, 1.82) is 0 Å². The zero-order chi connectivity index (χ0) is 21.0. The molecule has 1 amide bonds. The molecule has 1 aliphatic rings. The number of benzene rings is 1. The lowest BCUT2D eigenvalue weighted by molar-refractivity contribution is -0.120. The molecule has 30 heavy (non-hydrogen) atoms. The number of nitrogens with zero attached hydrogens (tertiary/aromatic N) is 6. The number of aliphatic imine (C=N–C) groups is 1. The molecule has 10 heteroatoms. The number of guanidine groups is 1. The van der Waals surface area contributed by atoms with Gasteiger partial charge in [-0.3, -0.25) is 14.5 Å². The first-order chi connectivity index (χ1) is 13.9. The fourth-order valence-corrected chi connectivity index (χ4v) is 3.48. The monoisotopic (exact) mass is 529 g/mol. The first-order valence-electron chi connectivity index (χ1n) is 9.55. The summed E-state index contributed by atoms with van der Waals surface area (Å²) in [5, 5.41) is 7.51. The van der Waals surface area contributed by atoms with Crippen molar-refractivity contribution < 1.29 is 9.18 Å². The Kier molecular flexibility index (Phi) is 8.59. The Hall–Kier alpha value is -2.21. The molecule has 164 valence electrons. The highest BCUT2D eigenvalue weighted by molar-refractivity contribution is 14.0. The van der Waals surface area contributed by atoms with Crippen molar-refractivity contribution in [3.63, 3.8) is 0 Å². The van der Waals surface area contributed by atoms with Crippen molar-refractivity contribution in [3.05, 3.63) is 48.0 Å². The molecule has 3 rings (SSSR count). The number of carbonyl (C=O) groups excluding carboxylic acids is 1. The molecule has 1 N–H and O–H groups in total. The van der Waals surface area contributed by atoms with Crippen LogP contribution in [0.2, 0.25) is 0 Å². The number of nitrogens with one attached hydrogen (secondary N) is 1. The van der Waals surface area contributed by atoms with Gasteiger partial charge in [-0.2, -0.15) is 5.10 Å². The van der Waals surface area contributed by atoms with Gasteiger partial charge in [0.2, 0.25) is 5.91 Å². The number of amides is 1. The normalized spacial score (nSPS) is 15.9. The molecule has 0 aliphatic carbocycles. The van der Waals surface area contributed by atoms with Crippen molar-refractivity contribution >= 4 is 41.5 Å². The Labute approximate surface area is 193 Å². The molecule has 0 bridgehead atoms. The van der Waals surface area contributed by atoms with Crippen LogP contribution in [-0.4, -0.2) is 78.8 Å². The van der Waals surface area contributed by atoms with Crippen LogP contribution >= 0.6 is 24.0 Å². The van der Waals surface area contributed by atoms with E-state index in [9.17, 15) is 9.18 Å². The molecule has 0 radical (unpaired) electrons. The van der Waals surface area contributed by atoms with Crippen molar-refractivity contribution in [2.24, 2.45) is 12.0 Å². The highest BCUT2D eigenvalue weighted by Crippen LogP contribution is 2.19. The molecule has 8 nitrogen and oxygen atoms in total. The number of halogens is 2. The first kappa shape index (κ1) is 24.1. The third-order valence-corrected chi connectivity index (χ3v) is 5.07. The average molecular weight is 529 g/mol. The van der Waals surface area contributed by atoms with E-state index in [0.717, 1.165) is 11.3 Å². The Bertz CT molecular complexity index is 868. The summed E-state index contributed by atoms with van der Waals surface area (Å²) in [7, 11) is 7.50. The number of aryl methyl sites for hydroxylation is 1. The number of likely N-dealkylation sites (N-methyl/N-ethyl adjacent to an activating group) is 1. The number of hydrogen-bond acceptors (Lipinski definition) is 4. The Balaban J connectivity index is 0.00000320. The van der Waals surface area contributed by atoms with Gasteiger partial charge in [0.25, 0.3) is 0 Å². The summed E-state index contributed by atoms with van der Waals surface area (Å²) in [6.07, 6.45) is 3.54. The molecule has 1 fully saturated rings. The molecule has 1 saturated heterocycles. The third-order valence-electron chi connectivity index (χ3n) is 5.07. The summed E-state index contributed by atoms with van der Waals surface area (Å²) in [6.45, 7) is 2.07. The van der Waals surface area contributed by atoms with E-state index in [1.54, 1.807) is 35.0 Å². The molecule has 2 heterocycles. The first-order valence-corrected chi connectivity index (χ1v) is 9.55. The number of rotatable bonds is 5. The van der Waals surface area contributed by atoms with Crippen molar-refractivity contribution in [2.75, 3.05) is 52.2 Å². The minimum Gasteiger partial charge on any atom is -0.354 e. The average Bonchev–Trinajstić information content (AvgIpc) is 3.12. The van der Waals surface area contributed by atoms with Gasteiger partial charge in [-0.15, -0.1) is 24.0 Å². The van der Waals surface area contributed by atoms with E-state index in [1.165, 1.54) is 12.1 Å². The minimum absolute atomic E-state index is 0. The Morgan fingerprint density at radius 1 is 1.30 bits per heavy atom. The minimum atomic E-state index is -0.250. The van der Waals surface area contributed by atoms with E-state index in [0.29, 0.717) is 25.6 Å². The zero-order valence-corrected chi connectivity index (χ0v) is 20.1. The quantitative estimate of drug-likeness (QED) is 0.363. The van der Waals surface area contributed by atoms with E-state index in [2.05, 4.69) is 20.3 Å². The van der Waals surface area contributed by atoms with Crippen molar-refractivity contribution in [2.45, 2.75) is 6.04 Å². The summed E-state index contributed by atoms with van der Waals surface area (Å²) in [5.41, 5.74) is 1.82. The second-order valence-corrected chi connectivity index (χ2v) is 7.30. The number of aromatic nitrogens is 2. The summed E-state index contributed by atoms with van der Waals surface area (Å²) < 4.78 is 14.9.